The van der Waals surface area contributed by atoms with Gasteiger partial charge in [-0.2, -0.15) is 16.1 Å². The van der Waals surface area contributed by atoms with Crippen molar-refractivity contribution in [2.24, 2.45) is 0 Å². The molecule has 0 radical (unpaired) electrons. The first kappa shape index (κ1) is 18.8. The van der Waals surface area contributed by atoms with Crippen molar-refractivity contribution in [3.8, 4) is 0 Å². The number of sulfonamides is 1. The maximum absolute atomic E-state index is 12.6. The minimum absolute atomic E-state index is 0.0248. The number of amides is 1. The second-order valence-electron chi connectivity index (χ2n) is 5.69. The molecule has 0 spiro atoms. The highest BCUT2D eigenvalue weighted by Gasteiger charge is 2.29. The Bertz CT molecular complexity index is 708. The number of carbonyl (C=O) groups is 2. The Morgan fingerprint density at radius 1 is 1.38 bits per heavy atom. The van der Waals surface area contributed by atoms with Crippen molar-refractivity contribution < 1.29 is 23.1 Å². The molecule has 0 aliphatic carbocycles. The molecule has 1 aliphatic rings. The summed E-state index contributed by atoms with van der Waals surface area (Å²) in [4.78, 5) is 27.2. The lowest BCUT2D eigenvalue weighted by atomic mass is 10.2. The Morgan fingerprint density at radius 2 is 2.00 bits per heavy atom. The molecule has 1 aromatic heterocycles. The summed E-state index contributed by atoms with van der Waals surface area (Å²) < 4.78 is 26.6. The van der Waals surface area contributed by atoms with Crippen LogP contribution in [0, 0.1) is 0 Å². The summed E-state index contributed by atoms with van der Waals surface area (Å²) in [5.41, 5.74) is 0.0647. The summed E-state index contributed by atoms with van der Waals surface area (Å²) in [5, 5.41) is 8.92. The number of carboxylic acid groups (broad SMARTS) is 1. The molecule has 2 N–H and O–H groups in total. The predicted octanol–water partition coefficient (Wildman–Crippen LogP) is 0.687. The highest BCUT2D eigenvalue weighted by molar-refractivity contribution is 7.99. The molecular formula is C14H21N3O5S2. The van der Waals surface area contributed by atoms with Crippen LogP contribution in [0.15, 0.2) is 17.2 Å². The van der Waals surface area contributed by atoms with Gasteiger partial charge in [-0.3, -0.25) is 9.59 Å². The number of aromatic nitrogens is 1. The number of nitrogens with zero attached hydrogens (tertiary/aromatic N) is 2. The lowest BCUT2D eigenvalue weighted by Crippen LogP contribution is -2.40. The van der Waals surface area contributed by atoms with Crippen LogP contribution in [0.5, 0.6) is 0 Å². The lowest BCUT2D eigenvalue weighted by molar-refractivity contribution is -0.138. The van der Waals surface area contributed by atoms with E-state index in [0.717, 1.165) is 11.5 Å². The van der Waals surface area contributed by atoms with Crippen molar-refractivity contribution in [1.82, 2.24) is 14.2 Å². The van der Waals surface area contributed by atoms with E-state index in [1.807, 2.05) is 0 Å². The van der Waals surface area contributed by atoms with Crippen LogP contribution >= 0.6 is 11.8 Å². The molecule has 2 heterocycles. The minimum Gasteiger partial charge on any atom is -0.480 e. The number of hydrogen-bond acceptors (Lipinski definition) is 5. The van der Waals surface area contributed by atoms with Crippen LogP contribution in [0.4, 0.5) is 0 Å². The first-order valence-corrected chi connectivity index (χ1v) is 10.1. The third-order valence-corrected chi connectivity index (χ3v) is 6.50. The SMILES string of the molecule is CC(C)N(CC(=O)O)C(=O)c1cc(S(=O)(=O)N2CCSCC2)c[nH]1. The van der Waals surface area contributed by atoms with Crippen LogP contribution in [-0.2, 0) is 14.8 Å². The molecule has 1 amide bonds. The summed E-state index contributed by atoms with van der Waals surface area (Å²) >= 11 is 1.70. The Morgan fingerprint density at radius 3 is 2.54 bits per heavy atom. The number of aliphatic carboxylic acids is 1. The van der Waals surface area contributed by atoms with Gasteiger partial charge in [0.25, 0.3) is 5.91 Å². The molecule has 24 heavy (non-hydrogen) atoms. The molecular weight excluding hydrogens is 354 g/mol. The summed E-state index contributed by atoms with van der Waals surface area (Å²) in [6.07, 6.45) is 1.28. The number of aromatic amines is 1. The van der Waals surface area contributed by atoms with Gasteiger partial charge in [-0.15, -0.1) is 0 Å². The zero-order chi connectivity index (χ0) is 17.9. The molecule has 0 bridgehead atoms. The molecule has 2 rings (SSSR count). The highest BCUT2D eigenvalue weighted by Crippen LogP contribution is 2.21. The normalized spacial score (nSPS) is 16.3. The van der Waals surface area contributed by atoms with E-state index in [1.165, 1.54) is 21.5 Å². The first-order chi connectivity index (χ1) is 11.2. The molecule has 0 aromatic carbocycles. The molecule has 0 saturated carbocycles. The van der Waals surface area contributed by atoms with E-state index in [9.17, 15) is 18.0 Å². The molecule has 1 aliphatic heterocycles. The van der Waals surface area contributed by atoms with Crippen LogP contribution in [0.2, 0.25) is 0 Å². The fourth-order valence-corrected chi connectivity index (χ4v) is 4.94. The van der Waals surface area contributed by atoms with Gasteiger partial charge in [-0.1, -0.05) is 0 Å². The molecule has 0 unspecified atom stereocenters. The van der Waals surface area contributed by atoms with Gasteiger partial charge in [0.05, 0.1) is 0 Å². The molecule has 8 nitrogen and oxygen atoms in total. The molecule has 0 atom stereocenters. The van der Waals surface area contributed by atoms with Gasteiger partial charge in [0, 0.05) is 36.8 Å². The van der Waals surface area contributed by atoms with E-state index in [4.69, 9.17) is 5.11 Å². The number of H-pyrrole nitrogens is 1. The van der Waals surface area contributed by atoms with Crippen LogP contribution < -0.4 is 0 Å². The van der Waals surface area contributed by atoms with E-state index in [0.29, 0.717) is 13.1 Å². The zero-order valence-corrected chi connectivity index (χ0v) is 15.2. The maximum Gasteiger partial charge on any atom is 0.323 e. The first-order valence-electron chi connectivity index (χ1n) is 7.52. The average molecular weight is 375 g/mol. The Hall–Kier alpha value is -1.52. The molecule has 134 valence electrons. The van der Waals surface area contributed by atoms with Crippen LogP contribution in [0.25, 0.3) is 0 Å². The smallest absolute Gasteiger partial charge is 0.323 e. The Kier molecular flexibility index (Phi) is 5.94. The fraction of sp³-hybridized carbons (Fsp3) is 0.571. The van der Waals surface area contributed by atoms with Crippen LogP contribution in [0.1, 0.15) is 24.3 Å². The molecule has 1 fully saturated rings. The zero-order valence-electron chi connectivity index (χ0n) is 13.6. The second-order valence-corrected chi connectivity index (χ2v) is 8.85. The summed E-state index contributed by atoms with van der Waals surface area (Å²) in [7, 11) is -3.64. The maximum atomic E-state index is 12.6. The third-order valence-electron chi connectivity index (χ3n) is 3.68. The van der Waals surface area contributed by atoms with E-state index in [-0.39, 0.29) is 16.6 Å². The number of hydrogen-bond donors (Lipinski definition) is 2. The highest BCUT2D eigenvalue weighted by atomic mass is 32.2. The second kappa shape index (κ2) is 7.58. The monoisotopic (exact) mass is 375 g/mol. The van der Waals surface area contributed by atoms with Crippen LogP contribution in [0.3, 0.4) is 0 Å². The Balaban J connectivity index is 2.22. The van der Waals surface area contributed by atoms with Crippen LogP contribution in [-0.4, -0.2) is 76.8 Å². The van der Waals surface area contributed by atoms with Crippen molar-refractivity contribution in [2.45, 2.75) is 24.8 Å². The fourth-order valence-electron chi connectivity index (χ4n) is 2.37. The lowest BCUT2D eigenvalue weighted by Gasteiger charge is -2.25. The summed E-state index contributed by atoms with van der Waals surface area (Å²) in [6, 6.07) is 0.951. The number of rotatable bonds is 6. The molecule has 1 saturated heterocycles. The van der Waals surface area contributed by atoms with Gasteiger partial charge in [-0.25, -0.2) is 8.42 Å². The van der Waals surface area contributed by atoms with Crippen molar-refractivity contribution in [1.29, 1.82) is 0 Å². The number of nitrogens with one attached hydrogen (secondary N) is 1. The quantitative estimate of drug-likeness (QED) is 0.757. The minimum atomic E-state index is -3.64. The predicted molar refractivity (Wildman–Crippen MR) is 90.7 cm³/mol. The van der Waals surface area contributed by atoms with Gasteiger partial charge in [0.2, 0.25) is 10.0 Å². The van der Waals surface area contributed by atoms with Crippen molar-refractivity contribution in [3.63, 3.8) is 0 Å². The number of carbonyl (C=O) groups excluding carboxylic acids is 1. The Labute approximate surface area is 145 Å². The molecule has 1 aromatic rings. The van der Waals surface area contributed by atoms with Gasteiger partial charge in [0.15, 0.2) is 0 Å². The average Bonchev–Trinajstić information content (AvgIpc) is 3.03. The van der Waals surface area contributed by atoms with Crippen molar-refractivity contribution in [2.75, 3.05) is 31.1 Å². The third kappa shape index (κ3) is 4.11. The van der Waals surface area contributed by atoms with E-state index in [1.54, 1.807) is 25.6 Å². The van der Waals surface area contributed by atoms with E-state index >= 15 is 0 Å². The van der Waals surface area contributed by atoms with Gasteiger partial charge >= 0.3 is 5.97 Å². The van der Waals surface area contributed by atoms with Gasteiger partial charge in [-0.05, 0) is 19.9 Å². The topological polar surface area (TPSA) is 111 Å². The van der Waals surface area contributed by atoms with E-state index in [2.05, 4.69) is 4.98 Å². The van der Waals surface area contributed by atoms with Crippen molar-refractivity contribution >= 4 is 33.7 Å². The number of thioether (sulfide) groups is 1. The van der Waals surface area contributed by atoms with E-state index < -0.39 is 28.4 Å². The van der Waals surface area contributed by atoms with Gasteiger partial charge in [0.1, 0.15) is 17.1 Å². The number of carboxylic acids is 1. The van der Waals surface area contributed by atoms with Crippen molar-refractivity contribution in [3.05, 3.63) is 18.0 Å². The summed E-state index contributed by atoms with van der Waals surface area (Å²) in [6.45, 7) is 3.85. The summed E-state index contributed by atoms with van der Waals surface area (Å²) in [5.74, 6) is -0.171. The largest absolute Gasteiger partial charge is 0.480 e. The standard InChI is InChI=1S/C14H21N3O5S2/c1-10(2)17(9-13(18)19)14(20)12-7-11(8-15-12)24(21,22)16-3-5-23-6-4-16/h7-8,10,15H,3-6,9H2,1-2H3,(H,18,19). The molecule has 10 heteroatoms. The van der Waals surface area contributed by atoms with Gasteiger partial charge < -0.3 is 15.0 Å².